The molecule has 0 radical (unpaired) electrons. The number of hydrogen-bond acceptors (Lipinski definition) is 5. The van der Waals surface area contributed by atoms with Crippen LogP contribution in [0.25, 0.3) is 22.2 Å². The molecule has 0 atom stereocenters. The molecule has 1 aliphatic rings. The maximum Gasteiger partial charge on any atom is 0.254 e. The number of rotatable bonds is 5. The first-order chi connectivity index (χ1) is 15.7. The van der Waals surface area contributed by atoms with Gasteiger partial charge in [-0.15, -0.1) is 0 Å². The molecule has 0 saturated carbocycles. The Morgan fingerprint density at radius 1 is 0.969 bits per heavy atom. The first kappa shape index (κ1) is 20.1. The van der Waals surface area contributed by atoms with E-state index in [4.69, 9.17) is 9.26 Å². The summed E-state index contributed by atoms with van der Waals surface area (Å²) in [6.07, 6.45) is 0. The number of piperazine rings is 1. The summed E-state index contributed by atoms with van der Waals surface area (Å²) in [5, 5.41) is 5.01. The fourth-order valence-electron chi connectivity index (χ4n) is 4.20. The highest BCUT2D eigenvalue weighted by molar-refractivity contribution is 6.01. The van der Waals surface area contributed by atoms with Crippen molar-refractivity contribution >= 4 is 22.5 Å². The van der Waals surface area contributed by atoms with Crippen molar-refractivity contribution in [2.75, 3.05) is 37.7 Å². The largest absolute Gasteiger partial charge is 0.492 e. The zero-order chi connectivity index (χ0) is 21.9. The van der Waals surface area contributed by atoms with Gasteiger partial charge < -0.3 is 19.1 Å². The number of para-hydroxylation sites is 2. The molecule has 1 amide bonds. The number of nitrogens with zero attached hydrogens (tertiary/aromatic N) is 3. The van der Waals surface area contributed by atoms with Crippen LogP contribution in [0.4, 0.5) is 5.69 Å². The van der Waals surface area contributed by atoms with Crippen LogP contribution in [0.3, 0.4) is 0 Å². The van der Waals surface area contributed by atoms with Gasteiger partial charge in [0.1, 0.15) is 11.3 Å². The third kappa shape index (κ3) is 3.80. The second kappa shape index (κ2) is 8.75. The van der Waals surface area contributed by atoms with Crippen molar-refractivity contribution in [2.24, 2.45) is 0 Å². The van der Waals surface area contributed by atoms with Crippen molar-refractivity contribution in [2.45, 2.75) is 6.92 Å². The molecule has 6 heteroatoms. The third-order valence-electron chi connectivity index (χ3n) is 5.83. The lowest BCUT2D eigenvalue weighted by atomic mass is 10.1. The maximum absolute atomic E-state index is 13.3. The van der Waals surface area contributed by atoms with Crippen LogP contribution in [-0.2, 0) is 0 Å². The molecule has 5 rings (SSSR count). The third-order valence-corrected chi connectivity index (χ3v) is 5.83. The van der Waals surface area contributed by atoms with E-state index in [9.17, 15) is 4.79 Å². The highest BCUT2D eigenvalue weighted by atomic mass is 16.5. The van der Waals surface area contributed by atoms with Crippen LogP contribution in [0.1, 0.15) is 17.3 Å². The Labute approximate surface area is 187 Å². The van der Waals surface area contributed by atoms with E-state index in [1.54, 1.807) is 0 Å². The predicted octanol–water partition coefficient (Wildman–Crippen LogP) is 4.86. The van der Waals surface area contributed by atoms with Crippen LogP contribution in [0.15, 0.2) is 77.3 Å². The van der Waals surface area contributed by atoms with Gasteiger partial charge in [0.25, 0.3) is 5.91 Å². The highest BCUT2D eigenvalue weighted by Crippen LogP contribution is 2.31. The van der Waals surface area contributed by atoms with Gasteiger partial charge in [-0.05, 0) is 37.3 Å². The number of benzene rings is 3. The average Bonchev–Trinajstić information content (AvgIpc) is 3.28. The van der Waals surface area contributed by atoms with Crippen molar-refractivity contribution in [3.63, 3.8) is 0 Å². The van der Waals surface area contributed by atoms with E-state index in [2.05, 4.69) is 16.1 Å². The van der Waals surface area contributed by atoms with E-state index in [0.29, 0.717) is 31.0 Å². The Bertz CT molecular complexity index is 1230. The Balaban J connectivity index is 1.33. The molecule has 162 valence electrons. The van der Waals surface area contributed by atoms with E-state index in [0.717, 1.165) is 41.0 Å². The number of ether oxygens (including phenoxy) is 1. The quantitative estimate of drug-likeness (QED) is 0.455. The molecule has 1 aliphatic heterocycles. The van der Waals surface area contributed by atoms with Crippen molar-refractivity contribution in [1.82, 2.24) is 10.1 Å². The summed E-state index contributed by atoms with van der Waals surface area (Å²) in [6.45, 7) is 5.47. The molecule has 0 spiro atoms. The van der Waals surface area contributed by atoms with Crippen LogP contribution in [-0.4, -0.2) is 48.7 Å². The van der Waals surface area contributed by atoms with Gasteiger partial charge in [0, 0.05) is 37.3 Å². The lowest BCUT2D eigenvalue weighted by Gasteiger charge is -2.36. The Kier molecular flexibility index (Phi) is 5.50. The molecule has 6 nitrogen and oxygen atoms in total. The molecule has 3 aromatic carbocycles. The van der Waals surface area contributed by atoms with Gasteiger partial charge in [-0.25, -0.2) is 0 Å². The number of hydrogen-bond donors (Lipinski definition) is 0. The molecule has 1 saturated heterocycles. The molecule has 0 unspecified atom stereocenters. The van der Waals surface area contributed by atoms with Gasteiger partial charge in [0.15, 0.2) is 5.76 Å². The number of carbonyl (C=O) groups excluding carboxylic acids is 1. The van der Waals surface area contributed by atoms with E-state index in [-0.39, 0.29) is 5.91 Å². The minimum Gasteiger partial charge on any atom is -0.492 e. The fourth-order valence-corrected chi connectivity index (χ4v) is 4.20. The number of carbonyl (C=O) groups is 1. The Morgan fingerprint density at radius 2 is 1.72 bits per heavy atom. The zero-order valence-electron chi connectivity index (χ0n) is 18.0. The first-order valence-electron chi connectivity index (χ1n) is 11.0. The smallest absolute Gasteiger partial charge is 0.254 e. The summed E-state index contributed by atoms with van der Waals surface area (Å²) in [6, 6.07) is 23.5. The molecule has 4 aromatic rings. The Morgan fingerprint density at radius 3 is 2.50 bits per heavy atom. The summed E-state index contributed by atoms with van der Waals surface area (Å²) in [4.78, 5) is 17.5. The summed E-state index contributed by atoms with van der Waals surface area (Å²) in [7, 11) is 0. The SMILES string of the molecule is CCOc1ccccc1N1CCN(C(=O)c2ccc3noc(-c4ccccc4)c3c2)CC1. The Hall–Kier alpha value is -3.80. The highest BCUT2D eigenvalue weighted by Gasteiger charge is 2.24. The topological polar surface area (TPSA) is 58.8 Å². The normalized spacial score (nSPS) is 14.0. The molecule has 1 aromatic heterocycles. The molecule has 0 N–H and O–H groups in total. The molecular weight excluding hydrogens is 402 g/mol. The van der Waals surface area contributed by atoms with E-state index in [1.165, 1.54) is 0 Å². The van der Waals surface area contributed by atoms with Crippen LogP contribution in [0.5, 0.6) is 5.75 Å². The minimum atomic E-state index is 0.0323. The summed E-state index contributed by atoms with van der Waals surface area (Å²) >= 11 is 0. The number of fused-ring (bicyclic) bond motifs is 1. The van der Waals surface area contributed by atoms with Gasteiger partial charge in [0.2, 0.25) is 0 Å². The van der Waals surface area contributed by atoms with Crippen molar-refractivity contribution < 1.29 is 14.1 Å². The maximum atomic E-state index is 13.3. The van der Waals surface area contributed by atoms with Gasteiger partial charge in [-0.2, -0.15) is 0 Å². The van der Waals surface area contributed by atoms with E-state index in [1.807, 2.05) is 78.6 Å². The summed E-state index contributed by atoms with van der Waals surface area (Å²) in [5.41, 5.74) is 3.43. The molecule has 1 fully saturated rings. The first-order valence-corrected chi connectivity index (χ1v) is 11.0. The standard InChI is InChI=1S/C26H25N3O3/c1-2-31-24-11-7-6-10-23(24)28-14-16-29(17-15-28)26(30)20-12-13-22-21(18-20)25(32-27-22)19-8-4-3-5-9-19/h3-13,18H,2,14-17H2,1H3. The van der Waals surface area contributed by atoms with E-state index >= 15 is 0 Å². The van der Waals surface area contributed by atoms with Crippen molar-refractivity contribution in [3.8, 4) is 17.1 Å². The van der Waals surface area contributed by atoms with Crippen molar-refractivity contribution in [3.05, 3.63) is 78.4 Å². The van der Waals surface area contributed by atoms with Crippen LogP contribution in [0.2, 0.25) is 0 Å². The number of amides is 1. The molecule has 0 aliphatic carbocycles. The van der Waals surface area contributed by atoms with Crippen LogP contribution in [0, 0.1) is 0 Å². The minimum absolute atomic E-state index is 0.0323. The summed E-state index contributed by atoms with van der Waals surface area (Å²) in [5.74, 6) is 1.61. The summed E-state index contributed by atoms with van der Waals surface area (Å²) < 4.78 is 11.4. The molecular formula is C26H25N3O3. The lowest BCUT2D eigenvalue weighted by molar-refractivity contribution is 0.0747. The number of anilines is 1. The van der Waals surface area contributed by atoms with Crippen LogP contribution < -0.4 is 9.64 Å². The van der Waals surface area contributed by atoms with Gasteiger partial charge in [0.05, 0.1) is 17.7 Å². The molecule has 2 heterocycles. The van der Waals surface area contributed by atoms with Gasteiger partial charge >= 0.3 is 0 Å². The second-order valence-corrected chi connectivity index (χ2v) is 7.79. The van der Waals surface area contributed by atoms with Gasteiger partial charge in [-0.1, -0.05) is 47.6 Å². The van der Waals surface area contributed by atoms with E-state index < -0.39 is 0 Å². The molecule has 0 bridgehead atoms. The second-order valence-electron chi connectivity index (χ2n) is 7.79. The predicted molar refractivity (Wildman–Crippen MR) is 125 cm³/mol. The number of aromatic nitrogens is 1. The fraction of sp³-hybridized carbons (Fsp3) is 0.231. The van der Waals surface area contributed by atoms with Crippen molar-refractivity contribution in [1.29, 1.82) is 0 Å². The lowest BCUT2D eigenvalue weighted by Crippen LogP contribution is -2.48. The van der Waals surface area contributed by atoms with Gasteiger partial charge in [-0.3, -0.25) is 4.79 Å². The molecule has 32 heavy (non-hydrogen) atoms. The zero-order valence-corrected chi connectivity index (χ0v) is 18.0. The average molecular weight is 428 g/mol. The van der Waals surface area contributed by atoms with Crippen LogP contribution >= 0.6 is 0 Å². The monoisotopic (exact) mass is 427 g/mol.